The van der Waals surface area contributed by atoms with Crippen molar-refractivity contribution in [2.24, 2.45) is 17.8 Å². The standard InChI is InChI=1S/C43H70O24/c1-59-24-9-17(4-6-20(24)47)40-26(12-19-22(61-40)10-18(46)11-23(19)62-41-37(56)34(53)31(50)27(13-44)65-41)64-43-39(58)36(55)33(52)29(67-43)15-60-30(49)7-3-16-2-5-21(48)25(8-16)63-42-38(57)35(54)32(51)28(14-45)66-42/h3,7,16-29,31-48,50-58H,2,4-6,8-15H2,1H3/p+1/t16?,17?,18?,19?,20?,21?,22?,23?,24?,25?,26?,27-,28-,29-,31-,32-,33-,34+,35+,36+,37-,38-,39-,40?,41-,42-,43-/m1/s1. The number of methoxy groups -OCH3 is 1. The summed E-state index contributed by atoms with van der Waals surface area (Å²) in [4.78, 5) is 13.0. The predicted octanol–water partition coefficient (Wildman–Crippen LogP) is -6.57. The van der Waals surface area contributed by atoms with Crippen molar-refractivity contribution in [3.05, 3.63) is 12.2 Å². The van der Waals surface area contributed by atoms with E-state index in [1.165, 1.54) is 13.2 Å². The first-order valence-electron chi connectivity index (χ1n) is 23.3. The second-order valence-electron chi connectivity index (χ2n) is 19.2. The Balaban J connectivity index is 1.00. The van der Waals surface area contributed by atoms with Gasteiger partial charge in [-0.25, -0.2) is 4.79 Å². The van der Waals surface area contributed by atoms with Crippen LogP contribution in [-0.2, 0) is 42.7 Å². The van der Waals surface area contributed by atoms with Crippen LogP contribution in [0.4, 0.5) is 0 Å². The zero-order chi connectivity index (χ0) is 48.4. The SMILES string of the molecule is COC1CC(C2[OH+]C3CC(O)CC(O[C@@H]4O[C@H](CO)[C@@H](O)[C@H](O)[C@H]4O)C3CC2O[C@@H]2O[C@H](COC(=O)C=CC3CCC(O)C(O[C@@H]4O[C@H](CO)[C@@H](O)[C@H](O)[C@H]4O)C3)[C@@H](O)[C@H](O)[C@H]2O)CCC1O. The Morgan fingerprint density at radius 1 is 0.567 bits per heavy atom. The molecular weight excluding hydrogens is 900 g/mol. The van der Waals surface area contributed by atoms with Crippen LogP contribution >= 0.6 is 0 Å². The van der Waals surface area contributed by atoms with Gasteiger partial charge in [0.2, 0.25) is 0 Å². The summed E-state index contributed by atoms with van der Waals surface area (Å²) in [7, 11) is 1.49. The van der Waals surface area contributed by atoms with Gasteiger partial charge in [-0.1, -0.05) is 6.08 Å². The molecule has 67 heavy (non-hydrogen) atoms. The van der Waals surface area contributed by atoms with Gasteiger partial charge in [0.05, 0.1) is 55.8 Å². The lowest BCUT2D eigenvalue weighted by Crippen LogP contribution is -2.64. The molecule has 0 aromatic rings. The van der Waals surface area contributed by atoms with Crippen LogP contribution < -0.4 is 0 Å². The van der Waals surface area contributed by atoms with E-state index in [-0.39, 0.29) is 43.9 Å². The topological polar surface area (TPSA) is 387 Å². The zero-order valence-corrected chi connectivity index (χ0v) is 37.1. The summed E-state index contributed by atoms with van der Waals surface area (Å²) in [6, 6.07) is 0. The first kappa shape index (κ1) is 53.1. The molecule has 3 aliphatic carbocycles. The average Bonchev–Trinajstić information content (AvgIpc) is 3.31. The molecule has 7 rings (SSSR count). The molecule has 12 unspecified atom stereocenters. The maximum atomic E-state index is 13.0. The fourth-order valence-electron chi connectivity index (χ4n) is 10.8. The highest BCUT2D eigenvalue weighted by atomic mass is 16.7. The normalized spacial score (nSPS) is 51.0. The fourth-order valence-corrected chi connectivity index (χ4v) is 10.8. The van der Waals surface area contributed by atoms with E-state index < -0.39 is 179 Å². The van der Waals surface area contributed by atoms with Crippen molar-refractivity contribution in [1.82, 2.24) is 0 Å². The summed E-state index contributed by atoms with van der Waals surface area (Å²) in [5.41, 5.74) is 0. The number of allylic oxidation sites excluding steroid dienone is 1. The van der Waals surface area contributed by atoms with Gasteiger partial charge in [0.15, 0.2) is 31.1 Å². The van der Waals surface area contributed by atoms with E-state index >= 15 is 0 Å². The van der Waals surface area contributed by atoms with Crippen molar-refractivity contribution >= 4 is 5.97 Å². The minimum Gasteiger partial charge on any atom is -0.460 e. The van der Waals surface area contributed by atoms with Crippen molar-refractivity contribution in [2.45, 2.75) is 205 Å². The summed E-state index contributed by atoms with van der Waals surface area (Å²) >= 11 is 0. The second kappa shape index (κ2) is 23.3. The van der Waals surface area contributed by atoms with E-state index in [1.54, 1.807) is 0 Å². The number of hydrogen-bond acceptors (Lipinski definition) is 23. The lowest BCUT2D eigenvalue weighted by atomic mass is 9.72. The van der Waals surface area contributed by atoms with Crippen LogP contribution in [0.15, 0.2) is 12.2 Å². The Kier molecular flexibility index (Phi) is 18.4. The first-order chi connectivity index (χ1) is 31.9. The van der Waals surface area contributed by atoms with E-state index in [4.69, 9.17) is 42.6 Å². The molecule has 27 atom stereocenters. The molecule has 4 heterocycles. The zero-order valence-electron chi connectivity index (χ0n) is 37.1. The summed E-state index contributed by atoms with van der Waals surface area (Å²) < 4.78 is 51.7. The lowest BCUT2D eigenvalue weighted by molar-refractivity contribution is -0.367. The van der Waals surface area contributed by atoms with Gasteiger partial charge in [-0.2, -0.15) is 0 Å². The number of carbonyl (C=O) groups excluding carboxylic acids is 1. The molecule has 24 heteroatoms. The quantitative estimate of drug-likeness (QED) is 0.0437. The van der Waals surface area contributed by atoms with Crippen LogP contribution in [0.25, 0.3) is 0 Å². The van der Waals surface area contributed by atoms with E-state index in [9.17, 15) is 76.3 Å². The molecule has 386 valence electrons. The molecule has 0 bridgehead atoms. The molecule has 4 saturated heterocycles. The number of aliphatic hydroxyl groups is 16. The third kappa shape index (κ3) is 12.0. The molecule has 0 spiro atoms. The highest BCUT2D eigenvalue weighted by molar-refractivity contribution is 5.81. The highest BCUT2D eigenvalue weighted by Crippen LogP contribution is 2.44. The predicted molar refractivity (Wildman–Crippen MR) is 220 cm³/mol. The summed E-state index contributed by atoms with van der Waals surface area (Å²) in [5.74, 6) is -1.95. The molecular formula is C43H71O24+. The molecule has 0 radical (unpaired) electrons. The molecule has 0 amide bonds. The van der Waals surface area contributed by atoms with Gasteiger partial charge in [-0.15, -0.1) is 0 Å². The molecule has 7 aliphatic rings. The van der Waals surface area contributed by atoms with Crippen molar-refractivity contribution in [1.29, 1.82) is 0 Å². The van der Waals surface area contributed by atoms with Gasteiger partial charge in [0.25, 0.3) is 0 Å². The van der Waals surface area contributed by atoms with Gasteiger partial charge < -0.3 is 114 Å². The number of hydrogen-bond donors (Lipinski definition) is 14. The van der Waals surface area contributed by atoms with Crippen molar-refractivity contribution in [3.63, 3.8) is 0 Å². The highest BCUT2D eigenvalue weighted by Gasteiger charge is 2.57. The van der Waals surface area contributed by atoms with Crippen LogP contribution in [0.1, 0.15) is 57.8 Å². The smallest absolute Gasteiger partial charge is 0.330 e. The Labute approximate surface area is 386 Å². The van der Waals surface area contributed by atoms with Gasteiger partial charge in [-0.3, -0.25) is 0 Å². The Morgan fingerprint density at radius 3 is 1.67 bits per heavy atom. The van der Waals surface area contributed by atoms with Crippen LogP contribution in [-0.4, -0.2) is 256 Å². The van der Waals surface area contributed by atoms with Gasteiger partial charge in [0.1, 0.15) is 86.0 Å². The Bertz CT molecular complexity index is 1590. The van der Waals surface area contributed by atoms with Gasteiger partial charge in [0, 0.05) is 31.9 Å². The number of fused-ring (bicyclic) bond motifs is 1. The monoisotopic (exact) mass is 971 g/mol. The van der Waals surface area contributed by atoms with Crippen LogP contribution in [0, 0.1) is 17.8 Å². The van der Waals surface area contributed by atoms with E-state index in [0.29, 0.717) is 25.7 Å². The number of carbonyl (C=O) groups is 1. The maximum Gasteiger partial charge on any atom is 0.330 e. The van der Waals surface area contributed by atoms with Crippen molar-refractivity contribution < 1.29 is 119 Å². The summed E-state index contributed by atoms with van der Waals surface area (Å²) in [5, 5.41) is 147. The number of esters is 1. The van der Waals surface area contributed by atoms with Gasteiger partial charge in [-0.05, 0) is 50.9 Å². The first-order valence-corrected chi connectivity index (χ1v) is 23.3. The Morgan fingerprint density at radius 2 is 1.09 bits per heavy atom. The molecule has 7 fully saturated rings. The molecule has 3 saturated carbocycles. The van der Waals surface area contributed by atoms with Crippen LogP contribution in [0.2, 0.25) is 0 Å². The van der Waals surface area contributed by atoms with E-state index in [1.807, 2.05) is 0 Å². The average molecular weight is 972 g/mol. The maximum absolute atomic E-state index is 13.0. The minimum absolute atomic E-state index is 0.0546. The number of rotatable bonds is 14. The lowest BCUT2D eigenvalue weighted by Gasteiger charge is -2.50. The fraction of sp³-hybridized carbons (Fsp3) is 0.930. The number of aliphatic hydroxyl groups excluding tert-OH is 14. The molecule has 0 aromatic heterocycles. The summed E-state index contributed by atoms with van der Waals surface area (Å²) in [6.45, 7) is -1.94. The molecule has 0 aromatic carbocycles. The van der Waals surface area contributed by atoms with Crippen LogP contribution in [0.5, 0.6) is 0 Å². The van der Waals surface area contributed by atoms with Crippen molar-refractivity contribution in [3.8, 4) is 0 Å². The van der Waals surface area contributed by atoms with E-state index in [2.05, 4.69) is 0 Å². The molecule has 4 aliphatic heterocycles. The second-order valence-corrected chi connectivity index (χ2v) is 19.2. The minimum atomic E-state index is -1.83. The largest absolute Gasteiger partial charge is 0.460 e. The summed E-state index contributed by atoms with van der Waals surface area (Å²) in [6.07, 6.45) is -25.6. The molecule has 24 nitrogen and oxygen atoms in total. The van der Waals surface area contributed by atoms with Gasteiger partial charge >= 0.3 is 5.97 Å². The van der Waals surface area contributed by atoms with Crippen molar-refractivity contribution in [2.75, 3.05) is 26.9 Å². The van der Waals surface area contributed by atoms with Crippen LogP contribution in [0.3, 0.4) is 0 Å². The third-order valence-electron chi connectivity index (χ3n) is 14.8. The Hall–Kier alpha value is -1.67. The molecule has 15 N–H and O–H groups in total. The number of ether oxygens (including phenoxy) is 9. The van der Waals surface area contributed by atoms with E-state index in [0.717, 1.165) is 6.08 Å². The third-order valence-corrected chi connectivity index (χ3v) is 14.8.